The third-order valence-electron chi connectivity index (χ3n) is 21.8. The molecule has 0 amide bonds. The number of ketones is 1. The molecule has 0 radical (unpaired) electrons. The summed E-state index contributed by atoms with van der Waals surface area (Å²) in [6, 6.07) is 85.9. The molecule has 10 aromatic rings. The van der Waals surface area contributed by atoms with Gasteiger partial charge in [-0.25, -0.2) is 4.79 Å². The van der Waals surface area contributed by atoms with Crippen molar-refractivity contribution in [2.24, 2.45) is 0 Å². The van der Waals surface area contributed by atoms with Crippen LogP contribution in [0.4, 0.5) is 0 Å². The van der Waals surface area contributed by atoms with Crippen molar-refractivity contribution in [3.05, 3.63) is 297 Å². The van der Waals surface area contributed by atoms with E-state index in [1.54, 1.807) is 13.8 Å². The average Bonchev–Trinajstić information content (AvgIpc) is 1.63. The molecule has 2 N–H and O–H groups in total. The number of benzene rings is 10. The van der Waals surface area contributed by atoms with E-state index >= 15 is 0 Å². The zero-order chi connectivity index (χ0) is 79.0. The van der Waals surface area contributed by atoms with Crippen LogP contribution in [-0.2, 0) is 76.6 Å². The summed E-state index contributed by atoms with van der Waals surface area (Å²) in [4.78, 5) is 22.4. The van der Waals surface area contributed by atoms with E-state index in [0.717, 1.165) is 74.7 Å². The van der Waals surface area contributed by atoms with E-state index in [-0.39, 0.29) is 5.78 Å². The summed E-state index contributed by atoms with van der Waals surface area (Å²) >= 11 is 3.46. The zero-order valence-corrected chi connectivity index (χ0v) is 69.3. The first kappa shape index (κ1) is 85.0. The lowest BCUT2D eigenvalue weighted by atomic mass is 9.71. The van der Waals surface area contributed by atoms with Crippen LogP contribution in [0.1, 0.15) is 216 Å². The molecule has 0 saturated carbocycles. The minimum atomic E-state index is -1.81. The van der Waals surface area contributed by atoms with Crippen molar-refractivity contribution in [2.45, 2.75) is 245 Å². The summed E-state index contributed by atoms with van der Waals surface area (Å²) in [5.74, 6) is -2.95. The summed E-state index contributed by atoms with van der Waals surface area (Å²) in [6.07, 6.45) is 19.9. The Balaban J connectivity index is 0.000000335. The van der Waals surface area contributed by atoms with E-state index in [4.69, 9.17) is 18.9 Å². The molecule has 111 heavy (non-hydrogen) atoms. The quantitative estimate of drug-likeness (QED) is 0.0306. The highest BCUT2D eigenvalue weighted by molar-refractivity contribution is 9.10. The molecular formula is C101H119BrO9. The topological polar surface area (TPSA) is 121 Å². The highest BCUT2D eigenvalue weighted by Gasteiger charge is 2.61. The van der Waals surface area contributed by atoms with Crippen LogP contribution < -0.4 is 0 Å². The molecule has 9 nitrogen and oxygen atoms in total. The lowest BCUT2D eigenvalue weighted by Gasteiger charge is -2.42. The van der Waals surface area contributed by atoms with E-state index in [0.29, 0.717) is 22.3 Å². The second kappa shape index (κ2) is 40.9. The molecule has 0 bridgehead atoms. The Kier molecular flexibility index (Phi) is 31.3. The van der Waals surface area contributed by atoms with Gasteiger partial charge in [0, 0.05) is 4.47 Å². The summed E-state index contributed by atoms with van der Waals surface area (Å²) in [7, 11) is 1.24. The van der Waals surface area contributed by atoms with Gasteiger partial charge in [0.05, 0.1) is 7.11 Å². The number of esters is 1. The fraction of sp³-hybridized carbons (Fsp3) is 0.386. The van der Waals surface area contributed by atoms with Gasteiger partial charge in [-0.15, -0.1) is 0 Å². The van der Waals surface area contributed by atoms with Gasteiger partial charge in [0.15, 0.2) is 29.6 Å². The Morgan fingerprint density at radius 2 is 0.523 bits per heavy atom. The molecule has 0 aromatic heterocycles. The molecular weight excluding hydrogens is 1440 g/mol. The average molecular weight is 1560 g/mol. The largest absolute Gasteiger partial charge is 0.467 e. The minimum absolute atomic E-state index is 0.244. The third kappa shape index (κ3) is 22.7. The Morgan fingerprint density at radius 1 is 0.324 bits per heavy atom. The second-order valence-corrected chi connectivity index (χ2v) is 32.1. The molecule has 2 fully saturated rings. The van der Waals surface area contributed by atoms with Crippen LogP contribution >= 0.6 is 15.9 Å². The predicted octanol–water partition coefficient (Wildman–Crippen LogP) is 25.1. The van der Waals surface area contributed by atoms with Gasteiger partial charge in [-0.1, -0.05) is 345 Å². The first-order chi connectivity index (χ1) is 53.6. The molecule has 2 heterocycles. The van der Waals surface area contributed by atoms with Gasteiger partial charge >= 0.3 is 5.97 Å². The van der Waals surface area contributed by atoms with Gasteiger partial charge in [-0.2, -0.15) is 0 Å². The Labute approximate surface area is 671 Å². The molecule has 0 aliphatic carbocycles. The van der Waals surface area contributed by atoms with Crippen molar-refractivity contribution in [3.8, 4) is 55.6 Å². The fourth-order valence-corrected chi connectivity index (χ4v) is 15.5. The van der Waals surface area contributed by atoms with E-state index in [1.165, 1.54) is 156 Å². The van der Waals surface area contributed by atoms with Gasteiger partial charge in [0.1, 0.15) is 23.4 Å². The molecule has 2 aliphatic rings. The van der Waals surface area contributed by atoms with Crippen LogP contribution in [0.5, 0.6) is 0 Å². The number of hydrogen-bond acceptors (Lipinski definition) is 9. The van der Waals surface area contributed by atoms with Gasteiger partial charge in [0.25, 0.3) is 0 Å². The SMILES string of the molecule is CCCCCc1ccc(-c2ccc(Br)cc2)cc1.CCCCCc1ccc(-c2ccc(C(O)(c3ccc(-c4ccc(CCCCC)cc4)cc3)[C@@H]3OC(C)(C)O[C@H]3C(O)(c3ccc(-c4ccc(CCCCC)cc4)cc3)c3ccc(-c4ccc(CCCCC)cc4)cc3)cc2)cc1.COC(=O)[C@H]1OC(C)(C)O[C@@H]1C(C)=O. The van der Waals surface area contributed by atoms with Crippen molar-refractivity contribution in [3.63, 3.8) is 0 Å². The van der Waals surface area contributed by atoms with Crippen LogP contribution in [-0.4, -0.2) is 65.1 Å². The lowest BCUT2D eigenvalue weighted by Crippen LogP contribution is -2.55. The van der Waals surface area contributed by atoms with E-state index in [9.17, 15) is 19.8 Å². The number of aliphatic hydroxyl groups is 2. The van der Waals surface area contributed by atoms with Crippen LogP contribution in [0, 0.1) is 0 Å². The number of carbonyl (C=O) groups excluding carboxylic acids is 2. The number of unbranched alkanes of at least 4 members (excludes halogenated alkanes) is 10. The van der Waals surface area contributed by atoms with Crippen molar-refractivity contribution in [1.82, 2.24) is 0 Å². The number of hydrogen-bond donors (Lipinski definition) is 2. The Morgan fingerprint density at radius 3 is 0.730 bits per heavy atom. The van der Waals surface area contributed by atoms with Gasteiger partial charge < -0.3 is 33.9 Å². The van der Waals surface area contributed by atoms with Gasteiger partial charge in [-0.05, 0) is 217 Å². The number of methoxy groups -OCH3 is 1. The maximum Gasteiger partial charge on any atom is 0.338 e. The van der Waals surface area contributed by atoms with Crippen molar-refractivity contribution >= 4 is 27.7 Å². The second-order valence-electron chi connectivity index (χ2n) is 31.2. The molecule has 2 saturated heterocycles. The molecule has 4 atom stereocenters. The third-order valence-corrected chi connectivity index (χ3v) is 22.3. The molecule has 12 rings (SSSR count). The fourth-order valence-electron chi connectivity index (χ4n) is 15.2. The van der Waals surface area contributed by atoms with Crippen LogP contribution in [0.2, 0.25) is 0 Å². The maximum absolute atomic E-state index is 14.2. The van der Waals surface area contributed by atoms with E-state index in [1.807, 2.05) is 62.4 Å². The molecule has 0 unspecified atom stereocenters. The normalized spacial score (nSPS) is 16.5. The number of carbonyl (C=O) groups is 2. The van der Waals surface area contributed by atoms with Gasteiger partial charge in [-0.3, -0.25) is 4.79 Å². The van der Waals surface area contributed by atoms with Gasteiger partial charge in [0.2, 0.25) is 0 Å². The molecule has 10 aromatic carbocycles. The van der Waals surface area contributed by atoms with E-state index in [2.05, 4.69) is 249 Å². The smallest absolute Gasteiger partial charge is 0.338 e. The number of halogens is 1. The van der Waals surface area contributed by atoms with E-state index < -0.39 is 53.2 Å². The molecule has 2 aliphatic heterocycles. The predicted molar refractivity (Wildman–Crippen MR) is 460 cm³/mol. The molecule has 584 valence electrons. The first-order valence-electron chi connectivity index (χ1n) is 41.0. The maximum atomic E-state index is 14.2. The Bertz CT molecular complexity index is 4050. The van der Waals surface area contributed by atoms with Crippen LogP contribution in [0.3, 0.4) is 0 Å². The van der Waals surface area contributed by atoms with Crippen LogP contribution in [0.25, 0.3) is 55.6 Å². The van der Waals surface area contributed by atoms with Crippen molar-refractivity contribution in [1.29, 1.82) is 0 Å². The monoisotopic (exact) mass is 1550 g/mol. The standard InChI is InChI=1S/C75H86O4.C17H19Br.C9H14O5/c1-7-11-15-19-55-23-31-59(32-24-55)63-39-47-67(48-40-63)74(76,68-49-41-64(42-50-68)60-33-25-56(26-34-60)20-16-12-8-2)71-72(79-73(5,6)78-71)75(77,69-51-43-65(44-52-69)61-35-27-57(28-36-61)21-17-13-9-3)70-53-45-66(46-54-70)62-37-29-58(30-38-62)22-18-14-10-4;1-2-3-4-5-14-6-8-15(9-7-14)16-10-12-17(18)13-11-16;1-5(10)6-7(8(11)12-4)14-9(2,3)13-6/h23-54,71-72,76-77H,7-22H2,1-6H3;6-13H,2-5H2,1H3;6-7H,1-4H3/t71-,72-;;6-,7+/m1.1/s1. The summed E-state index contributed by atoms with van der Waals surface area (Å²) < 4.78 is 30.4. The summed E-state index contributed by atoms with van der Waals surface area (Å²) in [6.45, 7) is 19.6. The highest BCUT2D eigenvalue weighted by Crippen LogP contribution is 2.51. The van der Waals surface area contributed by atoms with Crippen molar-refractivity contribution < 1.29 is 43.5 Å². The van der Waals surface area contributed by atoms with Crippen LogP contribution in [0.15, 0.2) is 247 Å². The Hall–Kier alpha value is -8.42. The highest BCUT2D eigenvalue weighted by atomic mass is 79.9. The molecule has 0 spiro atoms. The number of aryl methyl sites for hydroxylation is 5. The van der Waals surface area contributed by atoms with Crippen molar-refractivity contribution in [2.75, 3.05) is 7.11 Å². The summed E-state index contributed by atoms with van der Waals surface area (Å²) in [5, 5.41) is 28.3. The summed E-state index contributed by atoms with van der Waals surface area (Å²) in [5.41, 5.74) is 17.0. The first-order valence-corrected chi connectivity index (χ1v) is 41.8. The lowest BCUT2D eigenvalue weighted by molar-refractivity contribution is -0.172. The number of rotatable bonds is 33. The number of ether oxygens (including phenoxy) is 5. The zero-order valence-electron chi connectivity index (χ0n) is 67.7. The molecule has 10 heteroatoms. The minimum Gasteiger partial charge on any atom is -0.467 e. The number of Topliss-reactive ketones (excluding diaryl/α,β-unsaturated/α-hetero) is 1.